The first kappa shape index (κ1) is 13.7. The Morgan fingerprint density at radius 2 is 1.70 bits per heavy atom. The van der Waals surface area contributed by atoms with E-state index >= 15 is 0 Å². The van der Waals surface area contributed by atoms with Crippen LogP contribution in [0.15, 0.2) is 54.6 Å². The van der Waals surface area contributed by atoms with E-state index in [1.807, 2.05) is 48.7 Å². The number of hydrogen-bond acceptors (Lipinski definition) is 4. The van der Waals surface area contributed by atoms with Gasteiger partial charge in [-0.05, 0) is 24.6 Å². The largest absolute Gasteiger partial charge is 0.341 e. The van der Waals surface area contributed by atoms with Crippen molar-refractivity contribution in [1.29, 1.82) is 0 Å². The third-order valence-corrected chi connectivity index (χ3v) is 3.99. The van der Waals surface area contributed by atoms with Gasteiger partial charge in [0.05, 0.1) is 5.52 Å². The molecule has 0 aliphatic rings. The second-order valence-electron chi connectivity index (χ2n) is 5.68. The predicted octanol–water partition coefficient (Wildman–Crippen LogP) is 3.22. The highest BCUT2D eigenvalue weighted by Gasteiger charge is 2.15. The summed E-state index contributed by atoms with van der Waals surface area (Å²) < 4.78 is 2.02. The highest BCUT2D eigenvalue weighted by Crippen LogP contribution is 2.24. The Morgan fingerprint density at radius 1 is 0.957 bits per heavy atom. The van der Waals surface area contributed by atoms with E-state index in [0.717, 1.165) is 34.9 Å². The maximum atomic E-state index is 4.84. The van der Waals surface area contributed by atoms with Crippen LogP contribution in [0.25, 0.3) is 16.6 Å². The highest BCUT2D eigenvalue weighted by atomic mass is 15.3. The van der Waals surface area contributed by atoms with Crippen LogP contribution in [0.3, 0.4) is 0 Å². The second-order valence-corrected chi connectivity index (χ2v) is 5.68. The van der Waals surface area contributed by atoms with Crippen molar-refractivity contribution in [3.05, 3.63) is 66.0 Å². The minimum Gasteiger partial charge on any atom is -0.341 e. The molecule has 114 valence electrons. The number of benzene rings is 2. The van der Waals surface area contributed by atoms with Crippen LogP contribution in [0.4, 0.5) is 5.95 Å². The van der Waals surface area contributed by atoms with E-state index in [-0.39, 0.29) is 0 Å². The lowest BCUT2D eigenvalue weighted by atomic mass is 10.2. The number of hydrogen-bond donors (Lipinski definition) is 0. The van der Waals surface area contributed by atoms with Crippen LogP contribution in [0, 0.1) is 6.92 Å². The van der Waals surface area contributed by atoms with Crippen LogP contribution in [0.5, 0.6) is 0 Å². The Hall–Kier alpha value is -2.95. The average Bonchev–Trinajstić information content (AvgIpc) is 2.97. The summed E-state index contributed by atoms with van der Waals surface area (Å²) in [6, 6.07) is 18.4. The summed E-state index contributed by atoms with van der Waals surface area (Å²) in [5, 5.41) is 9.60. The predicted molar refractivity (Wildman–Crippen MR) is 91.6 cm³/mol. The molecule has 0 aliphatic heterocycles. The summed E-state index contributed by atoms with van der Waals surface area (Å²) in [4.78, 5) is 6.97. The van der Waals surface area contributed by atoms with Crippen molar-refractivity contribution in [3.8, 4) is 0 Å². The van der Waals surface area contributed by atoms with Crippen molar-refractivity contribution < 1.29 is 0 Å². The Morgan fingerprint density at radius 3 is 2.52 bits per heavy atom. The Balaban J connectivity index is 1.89. The summed E-state index contributed by atoms with van der Waals surface area (Å²) in [6.45, 7) is 2.73. The van der Waals surface area contributed by atoms with Gasteiger partial charge >= 0.3 is 0 Å². The molecule has 0 amide bonds. The first-order valence-corrected chi connectivity index (χ1v) is 7.59. The van der Waals surface area contributed by atoms with Gasteiger partial charge in [0.2, 0.25) is 5.95 Å². The van der Waals surface area contributed by atoms with Gasteiger partial charge in [0.1, 0.15) is 5.82 Å². The molecule has 0 radical (unpaired) electrons. The lowest BCUT2D eigenvalue weighted by molar-refractivity contribution is 0.843. The fourth-order valence-corrected chi connectivity index (χ4v) is 2.88. The second kappa shape index (κ2) is 5.35. The topological polar surface area (TPSA) is 46.3 Å². The van der Waals surface area contributed by atoms with Gasteiger partial charge in [-0.1, -0.05) is 42.5 Å². The molecule has 2 aromatic heterocycles. The van der Waals surface area contributed by atoms with Gasteiger partial charge in [-0.3, -0.25) is 0 Å². The molecular formula is C18H17N5. The number of anilines is 1. The summed E-state index contributed by atoms with van der Waals surface area (Å²) >= 11 is 0. The minimum absolute atomic E-state index is 0.777. The third-order valence-electron chi connectivity index (χ3n) is 3.99. The first-order chi connectivity index (χ1) is 11.2. The minimum atomic E-state index is 0.777. The van der Waals surface area contributed by atoms with Crippen molar-refractivity contribution >= 4 is 22.5 Å². The monoisotopic (exact) mass is 303 g/mol. The fourth-order valence-electron chi connectivity index (χ4n) is 2.88. The molecule has 0 aliphatic carbocycles. The van der Waals surface area contributed by atoms with Gasteiger partial charge in [-0.2, -0.15) is 0 Å². The Bertz CT molecular complexity index is 975. The number of aryl methyl sites for hydroxylation is 1. The number of para-hydroxylation sites is 1. The van der Waals surface area contributed by atoms with Crippen molar-refractivity contribution in [3.63, 3.8) is 0 Å². The van der Waals surface area contributed by atoms with Crippen LogP contribution in [-0.2, 0) is 6.54 Å². The van der Waals surface area contributed by atoms with Crippen LogP contribution in [0.1, 0.15) is 11.4 Å². The highest BCUT2D eigenvalue weighted by molar-refractivity contribution is 5.92. The van der Waals surface area contributed by atoms with Crippen molar-refractivity contribution in [2.45, 2.75) is 13.5 Å². The van der Waals surface area contributed by atoms with E-state index in [2.05, 4.69) is 39.4 Å². The zero-order chi connectivity index (χ0) is 15.8. The fraction of sp³-hybridized carbons (Fsp3) is 0.167. The van der Waals surface area contributed by atoms with E-state index in [0.29, 0.717) is 0 Å². The molecule has 0 N–H and O–H groups in total. The lowest BCUT2D eigenvalue weighted by Gasteiger charge is -2.20. The van der Waals surface area contributed by atoms with Gasteiger partial charge in [0, 0.05) is 19.0 Å². The van der Waals surface area contributed by atoms with E-state index in [9.17, 15) is 0 Å². The van der Waals surface area contributed by atoms with Crippen LogP contribution < -0.4 is 4.90 Å². The van der Waals surface area contributed by atoms with Crippen LogP contribution in [0.2, 0.25) is 0 Å². The van der Waals surface area contributed by atoms with Crippen LogP contribution >= 0.6 is 0 Å². The molecular weight excluding hydrogens is 286 g/mol. The molecule has 0 atom stereocenters. The molecule has 5 nitrogen and oxygen atoms in total. The van der Waals surface area contributed by atoms with Gasteiger partial charge in [0.25, 0.3) is 0 Å². The molecule has 2 aromatic carbocycles. The third kappa shape index (κ3) is 2.30. The smallest absolute Gasteiger partial charge is 0.213 e. The number of nitrogens with zero attached hydrogens (tertiary/aromatic N) is 5. The van der Waals surface area contributed by atoms with Crippen molar-refractivity contribution in [2.75, 3.05) is 11.9 Å². The standard InChI is InChI=1S/C18H17N5/c1-13-20-21-17-15-10-6-7-11-16(15)19-18(23(13)17)22(2)12-14-8-4-3-5-9-14/h3-11H,12H2,1-2H3. The zero-order valence-electron chi connectivity index (χ0n) is 13.1. The molecule has 0 saturated heterocycles. The quantitative estimate of drug-likeness (QED) is 0.583. The molecule has 0 unspecified atom stereocenters. The van der Waals surface area contributed by atoms with E-state index in [1.54, 1.807) is 0 Å². The van der Waals surface area contributed by atoms with E-state index < -0.39 is 0 Å². The van der Waals surface area contributed by atoms with Crippen LogP contribution in [-0.4, -0.2) is 26.6 Å². The Labute approximate surface area is 134 Å². The van der Waals surface area contributed by atoms with Gasteiger partial charge in [-0.15, -0.1) is 10.2 Å². The van der Waals surface area contributed by atoms with Gasteiger partial charge < -0.3 is 4.90 Å². The molecule has 4 rings (SSSR count). The van der Waals surface area contributed by atoms with Gasteiger partial charge in [0.15, 0.2) is 5.65 Å². The normalized spacial score (nSPS) is 11.2. The lowest BCUT2D eigenvalue weighted by Crippen LogP contribution is -2.21. The summed E-state index contributed by atoms with van der Waals surface area (Å²) in [6.07, 6.45) is 0. The molecule has 0 bridgehead atoms. The summed E-state index contributed by atoms with van der Waals surface area (Å²) in [7, 11) is 2.04. The SMILES string of the molecule is Cc1nnc2c3ccccc3nc(N(C)Cc3ccccc3)n12. The molecule has 2 heterocycles. The number of rotatable bonds is 3. The molecule has 0 saturated carbocycles. The molecule has 23 heavy (non-hydrogen) atoms. The Kier molecular flexibility index (Phi) is 3.19. The molecule has 0 fully saturated rings. The molecule has 5 heteroatoms. The van der Waals surface area contributed by atoms with E-state index in [4.69, 9.17) is 4.98 Å². The van der Waals surface area contributed by atoms with Crippen molar-refractivity contribution in [1.82, 2.24) is 19.6 Å². The summed E-state index contributed by atoms with van der Waals surface area (Å²) in [5.41, 5.74) is 3.02. The summed E-state index contributed by atoms with van der Waals surface area (Å²) in [5.74, 6) is 1.69. The molecule has 0 spiro atoms. The maximum absolute atomic E-state index is 4.84. The number of fused-ring (bicyclic) bond motifs is 3. The van der Waals surface area contributed by atoms with Crippen molar-refractivity contribution in [2.24, 2.45) is 0 Å². The zero-order valence-corrected chi connectivity index (χ0v) is 13.1. The molecule has 4 aromatic rings. The number of aromatic nitrogens is 4. The van der Waals surface area contributed by atoms with E-state index in [1.165, 1.54) is 5.56 Å². The average molecular weight is 303 g/mol. The van der Waals surface area contributed by atoms with Gasteiger partial charge in [-0.25, -0.2) is 9.38 Å². The first-order valence-electron chi connectivity index (χ1n) is 7.59. The maximum Gasteiger partial charge on any atom is 0.213 e.